The number of nitrogens with zero attached hydrogens (tertiary/aromatic N) is 2. The molecule has 2 aliphatic heterocycles. The van der Waals surface area contributed by atoms with Gasteiger partial charge in [-0.05, 0) is 42.3 Å². The van der Waals surface area contributed by atoms with Crippen LogP contribution in [-0.4, -0.2) is 40.6 Å². The fraction of sp³-hybridized carbons (Fsp3) is 0.278. The molecule has 0 aliphatic carbocycles. The molecule has 6 nitrogen and oxygen atoms in total. The number of carbonyl (C=O) groups excluding carboxylic acids is 1. The summed E-state index contributed by atoms with van der Waals surface area (Å²) in [7, 11) is -3.61. The van der Waals surface area contributed by atoms with E-state index in [0.717, 1.165) is 17.7 Å². The second-order valence-corrected chi connectivity index (χ2v) is 7.91. The molecule has 1 saturated heterocycles. The molecule has 0 spiro atoms. The van der Waals surface area contributed by atoms with Crippen LogP contribution in [0.25, 0.3) is 0 Å². The molecule has 2 aromatic carbocycles. The van der Waals surface area contributed by atoms with Gasteiger partial charge in [0, 0.05) is 18.8 Å². The van der Waals surface area contributed by atoms with Gasteiger partial charge in [-0.2, -0.15) is 0 Å². The van der Waals surface area contributed by atoms with Gasteiger partial charge in [0.25, 0.3) is 15.9 Å². The number of ether oxygens (including phenoxy) is 1. The molecular weight excluding hydrogens is 340 g/mol. The number of sulfonamides is 1. The van der Waals surface area contributed by atoms with Crippen LogP contribution >= 0.6 is 0 Å². The van der Waals surface area contributed by atoms with Crippen molar-refractivity contribution in [3.05, 3.63) is 54.1 Å². The van der Waals surface area contributed by atoms with Crippen LogP contribution in [0.15, 0.2) is 53.4 Å². The molecule has 0 aromatic heterocycles. The third-order valence-electron chi connectivity index (χ3n) is 4.57. The molecule has 2 heterocycles. The van der Waals surface area contributed by atoms with Gasteiger partial charge in [-0.25, -0.2) is 8.42 Å². The van der Waals surface area contributed by atoms with Crippen molar-refractivity contribution in [2.45, 2.75) is 11.3 Å². The van der Waals surface area contributed by atoms with Crippen LogP contribution in [-0.2, 0) is 26.0 Å². The lowest BCUT2D eigenvalue weighted by Gasteiger charge is -2.27. The van der Waals surface area contributed by atoms with Gasteiger partial charge in [-0.15, -0.1) is 0 Å². The minimum Gasteiger partial charge on any atom is -0.370 e. The van der Waals surface area contributed by atoms with E-state index in [1.807, 2.05) is 24.3 Å². The summed E-state index contributed by atoms with van der Waals surface area (Å²) < 4.78 is 32.5. The molecule has 25 heavy (non-hydrogen) atoms. The molecule has 2 aliphatic rings. The van der Waals surface area contributed by atoms with Crippen LogP contribution < -0.4 is 9.21 Å². The Morgan fingerprint density at radius 3 is 2.48 bits per heavy atom. The first-order valence-electron chi connectivity index (χ1n) is 8.16. The van der Waals surface area contributed by atoms with E-state index < -0.39 is 10.0 Å². The Kier molecular flexibility index (Phi) is 3.97. The minimum atomic E-state index is -3.61. The van der Waals surface area contributed by atoms with Gasteiger partial charge in [-0.1, -0.05) is 18.2 Å². The van der Waals surface area contributed by atoms with Crippen molar-refractivity contribution in [1.82, 2.24) is 0 Å². The molecule has 0 bridgehead atoms. The minimum absolute atomic E-state index is 0.0601. The van der Waals surface area contributed by atoms with Crippen LogP contribution in [0.3, 0.4) is 0 Å². The zero-order valence-electron chi connectivity index (χ0n) is 13.6. The number of amides is 1. The standard InChI is InChI=1S/C18H18N2O4S/c21-18-13-24-12-11-19(18)15-5-7-16(8-6-15)25(22,23)20-10-9-14-3-1-2-4-17(14)20/h1-8H,9-13H2. The number of hydrogen-bond acceptors (Lipinski definition) is 4. The van der Waals surface area contributed by atoms with Gasteiger partial charge in [0.05, 0.1) is 17.2 Å². The normalized spacial score (nSPS) is 17.7. The quantitative estimate of drug-likeness (QED) is 0.839. The summed E-state index contributed by atoms with van der Waals surface area (Å²) in [5, 5.41) is 0. The molecule has 1 fully saturated rings. The van der Waals surface area contributed by atoms with Crippen molar-refractivity contribution in [3.63, 3.8) is 0 Å². The molecule has 0 atom stereocenters. The maximum atomic E-state index is 13.0. The highest BCUT2D eigenvalue weighted by molar-refractivity contribution is 7.92. The molecule has 0 unspecified atom stereocenters. The second-order valence-electron chi connectivity index (χ2n) is 6.05. The van der Waals surface area contributed by atoms with E-state index in [2.05, 4.69) is 0 Å². The van der Waals surface area contributed by atoms with E-state index >= 15 is 0 Å². The SMILES string of the molecule is O=C1COCCN1c1ccc(S(=O)(=O)N2CCc3ccccc32)cc1. The van der Waals surface area contributed by atoms with Gasteiger partial charge in [0.15, 0.2) is 0 Å². The van der Waals surface area contributed by atoms with Gasteiger partial charge < -0.3 is 9.64 Å². The predicted octanol–water partition coefficient (Wildman–Crippen LogP) is 1.80. The monoisotopic (exact) mass is 358 g/mol. The third kappa shape index (κ3) is 2.79. The van der Waals surface area contributed by atoms with Crippen LogP contribution in [0.1, 0.15) is 5.56 Å². The van der Waals surface area contributed by atoms with Crippen molar-refractivity contribution >= 4 is 27.3 Å². The maximum absolute atomic E-state index is 13.0. The van der Waals surface area contributed by atoms with E-state index in [1.54, 1.807) is 29.2 Å². The van der Waals surface area contributed by atoms with Gasteiger partial charge in [0.2, 0.25) is 0 Å². The first-order chi connectivity index (χ1) is 12.1. The molecular formula is C18H18N2O4S. The van der Waals surface area contributed by atoms with Crippen molar-refractivity contribution in [2.75, 3.05) is 35.5 Å². The number of fused-ring (bicyclic) bond motifs is 1. The Morgan fingerprint density at radius 2 is 1.72 bits per heavy atom. The highest BCUT2D eigenvalue weighted by Crippen LogP contribution is 2.33. The summed E-state index contributed by atoms with van der Waals surface area (Å²) in [6.45, 7) is 1.47. The van der Waals surface area contributed by atoms with E-state index in [-0.39, 0.29) is 17.4 Å². The molecule has 0 radical (unpaired) electrons. The predicted molar refractivity (Wildman–Crippen MR) is 94.3 cm³/mol. The van der Waals surface area contributed by atoms with E-state index in [0.29, 0.717) is 25.4 Å². The fourth-order valence-corrected chi connectivity index (χ4v) is 4.78. The largest absolute Gasteiger partial charge is 0.370 e. The van der Waals surface area contributed by atoms with Crippen LogP contribution in [0.4, 0.5) is 11.4 Å². The molecule has 130 valence electrons. The van der Waals surface area contributed by atoms with Gasteiger partial charge in [-0.3, -0.25) is 9.10 Å². The van der Waals surface area contributed by atoms with Crippen molar-refractivity contribution in [1.29, 1.82) is 0 Å². The number of hydrogen-bond donors (Lipinski definition) is 0. The number of benzene rings is 2. The summed E-state index contributed by atoms with van der Waals surface area (Å²) in [6.07, 6.45) is 0.718. The summed E-state index contributed by atoms with van der Waals surface area (Å²) in [6, 6.07) is 14.0. The number of carbonyl (C=O) groups is 1. The van der Waals surface area contributed by atoms with Crippen molar-refractivity contribution in [2.24, 2.45) is 0 Å². The van der Waals surface area contributed by atoms with Gasteiger partial charge >= 0.3 is 0 Å². The summed E-state index contributed by atoms with van der Waals surface area (Å²) in [4.78, 5) is 13.7. The number of morpholine rings is 1. The Bertz CT molecular complexity index is 909. The van der Waals surface area contributed by atoms with Crippen LogP contribution in [0, 0.1) is 0 Å². The summed E-state index contributed by atoms with van der Waals surface area (Å²) in [5.74, 6) is -0.115. The first-order valence-corrected chi connectivity index (χ1v) is 9.60. The highest BCUT2D eigenvalue weighted by atomic mass is 32.2. The Hall–Kier alpha value is -2.38. The molecule has 0 saturated carbocycles. The first kappa shape index (κ1) is 16.1. The van der Waals surface area contributed by atoms with Crippen molar-refractivity contribution < 1.29 is 17.9 Å². The maximum Gasteiger partial charge on any atom is 0.264 e. The third-order valence-corrected chi connectivity index (χ3v) is 6.39. The smallest absolute Gasteiger partial charge is 0.264 e. The Labute approximate surface area is 146 Å². The number of anilines is 2. The highest BCUT2D eigenvalue weighted by Gasteiger charge is 2.30. The van der Waals surface area contributed by atoms with E-state index in [9.17, 15) is 13.2 Å². The lowest BCUT2D eigenvalue weighted by molar-refractivity contribution is -0.125. The number of rotatable bonds is 3. The summed E-state index contributed by atoms with van der Waals surface area (Å²) in [5.41, 5.74) is 2.48. The average molecular weight is 358 g/mol. The molecule has 1 amide bonds. The summed E-state index contributed by atoms with van der Waals surface area (Å²) >= 11 is 0. The zero-order valence-corrected chi connectivity index (χ0v) is 14.4. The van der Waals surface area contributed by atoms with Crippen molar-refractivity contribution in [3.8, 4) is 0 Å². The topological polar surface area (TPSA) is 66.9 Å². The van der Waals surface area contributed by atoms with Crippen LogP contribution in [0.2, 0.25) is 0 Å². The molecule has 7 heteroatoms. The van der Waals surface area contributed by atoms with Crippen LogP contribution in [0.5, 0.6) is 0 Å². The average Bonchev–Trinajstić information content (AvgIpc) is 3.07. The lowest BCUT2D eigenvalue weighted by Crippen LogP contribution is -2.41. The second kappa shape index (κ2) is 6.16. The Balaban J connectivity index is 1.63. The van der Waals surface area contributed by atoms with Gasteiger partial charge in [0.1, 0.15) is 6.61 Å². The molecule has 0 N–H and O–H groups in total. The molecule has 2 aromatic rings. The zero-order chi connectivity index (χ0) is 17.4. The molecule has 4 rings (SSSR count). The Morgan fingerprint density at radius 1 is 0.960 bits per heavy atom. The lowest BCUT2D eigenvalue weighted by atomic mass is 10.2. The van der Waals surface area contributed by atoms with E-state index in [1.165, 1.54) is 4.31 Å². The fourth-order valence-electron chi connectivity index (χ4n) is 3.27. The number of para-hydroxylation sites is 1. The van der Waals surface area contributed by atoms with E-state index in [4.69, 9.17) is 4.74 Å².